The zero-order valence-electron chi connectivity index (χ0n) is 38.2. The summed E-state index contributed by atoms with van der Waals surface area (Å²) in [7, 11) is 1.14. The summed E-state index contributed by atoms with van der Waals surface area (Å²) in [4.78, 5) is 37.6. The maximum atomic E-state index is 12.7. The third kappa shape index (κ3) is 44.8. The van der Waals surface area contributed by atoms with E-state index in [4.69, 9.17) is 18.5 Å². The zero-order valence-corrected chi connectivity index (χ0v) is 39.1. The standard InChI is InChI=1S/C49H86NO8P/c1-6-8-10-12-14-16-18-20-21-22-23-24-25-26-27-28-30-31-33-35-37-39-41-48(51)55-45-47(46-57-59(53,54)56-44-43-50(3,4)5)58-49(52)42-40-38-36-34-32-29-19-17-15-13-11-9-7-2/h9,11,13-17,19-21,23-24,47H,6-8,10,12,18,22,25-46H2,1-5H3/b11-9+,15-13+,16-14+,19-17+,21-20+,24-23+. The molecule has 0 saturated carbocycles. The van der Waals surface area contributed by atoms with Crippen LogP contribution in [0.2, 0.25) is 0 Å². The molecule has 0 aromatic rings. The van der Waals surface area contributed by atoms with Crippen LogP contribution < -0.4 is 4.89 Å². The van der Waals surface area contributed by atoms with E-state index in [0.717, 1.165) is 83.5 Å². The fourth-order valence-electron chi connectivity index (χ4n) is 5.90. The first-order valence-corrected chi connectivity index (χ1v) is 24.6. The highest BCUT2D eigenvalue weighted by Gasteiger charge is 2.21. The van der Waals surface area contributed by atoms with Gasteiger partial charge in [-0.05, 0) is 70.6 Å². The molecule has 0 saturated heterocycles. The highest BCUT2D eigenvalue weighted by atomic mass is 31.2. The Balaban J connectivity index is 4.30. The van der Waals surface area contributed by atoms with Crippen LogP contribution >= 0.6 is 7.82 Å². The van der Waals surface area contributed by atoms with Crippen molar-refractivity contribution in [2.75, 3.05) is 47.5 Å². The molecular weight excluding hydrogens is 762 g/mol. The van der Waals surface area contributed by atoms with E-state index in [1.54, 1.807) is 0 Å². The first-order valence-electron chi connectivity index (χ1n) is 23.2. The number of hydrogen-bond acceptors (Lipinski definition) is 8. The van der Waals surface area contributed by atoms with Gasteiger partial charge in [0.1, 0.15) is 19.8 Å². The minimum absolute atomic E-state index is 0.0396. The molecule has 0 radical (unpaired) electrons. The largest absolute Gasteiger partial charge is 0.756 e. The maximum Gasteiger partial charge on any atom is 0.306 e. The molecule has 0 rings (SSSR count). The molecule has 2 atom stereocenters. The third-order valence-corrected chi connectivity index (χ3v) is 10.5. The first-order chi connectivity index (χ1) is 28.5. The number of unbranched alkanes of at least 4 members (excludes halogenated alkanes) is 17. The van der Waals surface area contributed by atoms with Crippen LogP contribution in [0.15, 0.2) is 72.9 Å². The molecule has 59 heavy (non-hydrogen) atoms. The summed E-state index contributed by atoms with van der Waals surface area (Å²) < 4.78 is 33.9. The van der Waals surface area contributed by atoms with Crippen LogP contribution in [0.25, 0.3) is 0 Å². The van der Waals surface area contributed by atoms with E-state index in [2.05, 4.69) is 68.5 Å². The molecule has 0 aromatic heterocycles. The summed E-state index contributed by atoms with van der Waals surface area (Å²) in [5.41, 5.74) is 0. The second-order valence-corrected chi connectivity index (χ2v) is 17.9. The normalized spacial score (nSPS) is 14.2. The van der Waals surface area contributed by atoms with E-state index in [1.165, 1.54) is 57.8 Å². The third-order valence-electron chi connectivity index (χ3n) is 9.52. The SMILES string of the molecule is CC/C=C/C=C/C=C/CCCCCCCC(=O)OC(COC(=O)CCCCCCCCCCC/C=C/C/C=C/C/C=C/CCCCC)COP(=O)([O-])OCC[N+](C)(C)C. The van der Waals surface area contributed by atoms with Crippen LogP contribution in [0.5, 0.6) is 0 Å². The Morgan fingerprint density at radius 1 is 0.559 bits per heavy atom. The van der Waals surface area contributed by atoms with Gasteiger partial charge >= 0.3 is 11.9 Å². The fraction of sp³-hybridized carbons (Fsp3) is 0.714. The van der Waals surface area contributed by atoms with Crippen LogP contribution in [0.3, 0.4) is 0 Å². The van der Waals surface area contributed by atoms with Gasteiger partial charge in [0.15, 0.2) is 6.10 Å². The molecule has 0 aliphatic carbocycles. The molecule has 0 fully saturated rings. The lowest BCUT2D eigenvalue weighted by molar-refractivity contribution is -0.870. The van der Waals surface area contributed by atoms with Crippen molar-refractivity contribution in [1.29, 1.82) is 0 Å². The number of carbonyl (C=O) groups is 2. The number of hydrogen-bond donors (Lipinski definition) is 0. The van der Waals surface area contributed by atoms with Crippen molar-refractivity contribution >= 4 is 19.8 Å². The molecule has 2 unspecified atom stereocenters. The predicted octanol–water partition coefficient (Wildman–Crippen LogP) is 12.8. The number of phosphoric ester groups is 1. The number of carbonyl (C=O) groups excluding carboxylic acids is 2. The minimum atomic E-state index is -4.64. The average Bonchev–Trinajstić information content (AvgIpc) is 3.19. The number of quaternary nitrogens is 1. The van der Waals surface area contributed by atoms with E-state index in [9.17, 15) is 19.0 Å². The van der Waals surface area contributed by atoms with Gasteiger partial charge in [-0.1, -0.05) is 164 Å². The Bertz CT molecular complexity index is 1230. The number of esters is 2. The second kappa shape index (κ2) is 40.8. The van der Waals surface area contributed by atoms with E-state index < -0.39 is 32.5 Å². The van der Waals surface area contributed by atoms with Crippen molar-refractivity contribution in [2.24, 2.45) is 0 Å². The van der Waals surface area contributed by atoms with Crippen LogP contribution in [0.4, 0.5) is 0 Å². The summed E-state index contributed by atoms with van der Waals surface area (Å²) in [5, 5.41) is 0. The van der Waals surface area contributed by atoms with Crippen molar-refractivity contribution in [3.8, 4) is 0 Å². The van der Waals surface area contributed by atoms with Gasteiger partial charge in [-0.3, -0.25) is 14.2 Å². The Kier molecular flexibility index (Phi) is 39.1. The topological polar surface area (TPSA) is 111 Å². The van der Waals surface area contributed by atoms with Crippen molar-refractivity contribution in [3.05, 3.63) is 72.9 Å². The van der Waals surface area contributed by atoms with E-state index in [-0.39, 0.29) is 26.1 Å². The summed E-state index contributed by atoms with van der Waals surface area (Å²) >= 11 is 0. The zero-order chi connectivity index (χ0) is 43.6. The highest BCUT2D eigenvalue weighted by molar-refractivity contribution is 7.45. The molecule has 0 N–H and O–H groups in total. The lowest BCUT2D eigenvalue weighted by atomic mass is 10.1. The van der Waals surface area contributed by atoms with Gasteiger partial charge < -0.3 is 27.9 Å². The predicted molar refractivity (Wildman–Crippen MR) is 245 cm³/mol. The van der Waals surface area contributed by atoms with Crippen LogP contribution in [-0.2, 0) is 32.7 Å². The van der Waals surface area contributed by atoms with Crippen LogP contribution in [-0.4, -0.2) is 70.0 Å². The smallest absolute Gasteiger partial charge is 0.306 e. The molecule has 0 spiro atoms. The molecule has 340 valence electrons. The lowest BCUT2D eigenvalue weighted by Gasteiger charge is -2.28. The molecular formula is C49H86NO8P. The van der Waals surface area contributed by atoms with E-state index >= 15 is 0 Å². The summed E-state index contributed by atoms with van der Waals surface area (Å²) in [5.74, 6) is -0.870. The van der Waals surface area contributed by atoms with Crippen molar-refractivity contribution in [2.45, 2.75) is 180 Å². The highest BCUT2D eigenvalue weighted by Crippen LogP contribution is 2.38. The van der Waals surface area contributed by atoms with E-state index in [0.29, 0.717) is 17.4 Å². The molecule has 0 amide bonds. The number of ether oxygens (including phenoxy) is 2. The summed E-state index contributed by atoms with van der Waals surface area (Å²) in [6.45, 7) is 4.02. The molecule has 0 aliphatic heterocycles. The van der Waals surface area contributed by atoms with Gasteiger partial charge in [0, 0.05) is 12.8 Å². The maximum absolute atomic E-state index is 12.7. The molecule has 9 nitrogen and oxygen atoms in total. The molecule has 0 aromatic carbocycles. The van der Waals surface area contributed by atoms with E-state index in [1.807, 2.05) is 39.4 Å². The van der Waals surface area contributed by atoms with Crippen molar-refractivity contribution in [1.82, 2.24) is 0 Å². The minimum Gasteiger partial charge on any atom is -0.756 e. The molecule has 0 bridgehead atoms. The quantitative estimate of drug-likeness (QED) is 0.0149. The second-order valence-electron chi connectivity index (χ2n) is 16.4. The number of likely N-dealkylation sites (N-methyl/N-ethyl adjacent to an activating group) is 1. The number of nitrogens with zero attached hydrogens (tertiary/aromatic N) is 1. The van der Waals surface area contributed by atoms with Gasteiger partial charge in [0.25, 0.3) is 7.82 Å². The van der Waals surface area contributed by atoms with Crippen molar-refractivity contribution < 1.29 is 42.1 Å². The van der Waals surface area contributed by atoms with Gasteiger partial charge in [-0.15, -0.1) is 0 Å². The first kappa shape index (κ1) is 56.5. The Labute approximate surface area is 361 Å². The summed E-state index contributed by atoms with van der Waals surface area (Å²) in [6, 6.07) is 0. The van der Waals surface area contributed by atoms with Crippen LogP contribution in [0.1, 0.15) is 174 Å². The Hall–Kier alpha value is -2.55. The summed E-state index contributed by atoms with van der Waals surface area (Å²) in [6.07, 6.45) is 50.7. The van der Waals surface area contributed by atoms with Gasteiger partial charge in [0.05, 0.1) is 27.7 Å². The Morgan fingerprint density at radius 2 is 1.03 bits per heavy atom. The van der Waals surface area contributed by atoms with Crippen LogP contribution in [0, 0.1) is 0 Å². The van der Waals surface area contributed by atoms with Gasteiger partial charge in [-0.25, -0.2) is 0 Å². The number of phosphoric acid groups is 1. The van der Waals surface area contributed by atoms with Crippen molar-refractivity contribution in [3.63, 3.8) is 0 Å². The van der Waals surface area contributed by atoms with Gasteiger partial charge in [-0.2, -0.15) is 0 Å². The Morgan fingerprint density at radius 3 is 1.58 bits per heavy atom. The number of rotatable bonds is 41. The molecule has 10 heteroatoms. The van der Waals surface area contributed by atoms with Gasteiger partial charge in [0.2, 0.25) is 0 Å². The average molecular weight is 848 g/mol. The fourth-order valence-corrected chi connectivity index (χ4v) is 6.62. The molecule has 0 aliphatic rings. The lowest BCUT2D eigenvalue weighted by Crippen LogP contribution is -2.37. The monoisotopic (exact) mass is 848 g/mol. The number of allylic oxidation sites excluding steroid dienone is 12. The molecule has 0 heterocycles.